The van der Waals surface area contributed by atoms with Crippen LogP contribution in [0.2, 0.25) is 0 Å². The molecule has 0 atom stereocenters. The number of rotatable bonds is 5. The Labute approximate surface area is 153 Å². The summed E-state index contributed by atoms with van der Waals surface area (Å²) < 4.78 is 0. The third-order valence-corrected chi connectivity index (χ3v) is 3.96. The number of nitrogens with one attached hydrogen (secondary N) is 1. The van der Waals surface area contributed by atoms with E-state index in [-0.39, 0.29) is 5.91 Å². The molecular weight excluding hydrogens is 324 g/mol. The first-order chi connectivity index (χ1) is 12.5. The van der Waals surface area contributed by atoms with Crippen molar-refractivity contribution in [2.24, 2.45) is 0 Å². The molecular formula is C21H22N4O. The summed E-state index contributed by atoms with van der Waals surface area (Å²) in [6.45, 7) is 4.41. The van der Waals surface area contributed by atoms with Gasteiger partial charge in [-0.2, -0.15) is 0 Å². The summed E-state index contributed by atoms with van der Waals surface area (Å²) in [5.74, 6) is 0.290. The maximum atomic E-state index is 12.8. The van der Waals surface area contributed by atoms with Gasteiger partial charge in [0.2, 0.25) is 5.95 Å². The second-order valence-corrected chi connectivity index (χ2v) is 6.36. The van der Waals surface area contributed by atoms with Crippen molar-refractivity contribution in [2.45, 2.75) is 20.4 Å². The Morgan fingerprint density at radius 2 is 1.77 bits per heavy atom. The molecule has 3 aromatic rings. The number of aryl methyl sites for hydroxylation is 2. The normalized spacial score (nSPS) is 10.4. The van der Waals surface area contributed by atoms with Crippen LogP contribution in [0.25, 0.3) is 0 Å². The first-order valence-corrected chi connectivity index (χ1v) is 8.50. The molecule has 1 N–H and O–H groups in total. The molecule has 1 amide bonds. The Bertz CT molecular complexity index is 909. The Morgan fingerprint density at radius 1 is 1.00 bits per heavy atom. The molecule has 132 valence electrons. The molecule has 0 aliphatic rings. The van der Waals surface area contributed by atoms with Gasteiger partial charge in [0.1, 0.15) is 5.69 Å². The van der Waals surface area contributed by atoms with Crippen LogP contribution in [-0.2, 0) is 6.54 Å². The molecule has 0 saturated heterocycles. The zero-order valence-corrected chi connectivity index (χ0v) is 15.2. The minimum Gasteiger partial charge on any atom is -0.336 e. The van der Waals surface area contributed by atoms with Crippen molar-refractivity contribution in [1.29, 1.82) is 0 Å². The number of amides is 1. The Balaban J connectivity index is 1.79. The third kappa shape index (κ3) is 4.45. The van der Waals surface area contributed by atoms with Crippen molar-refractivity contribution in [3.05, 3.63) is 83.2 Å². The van der Waals surface area contributed by atoms with Gasteiger partial charge in [-0.05, 0) is 43.2 Å². The molecule has 0 saturated carbocycles. The molecule has 0 bridgehead atoms. The van der Waals surface area contributed by atoms with Crippen LogP contribution in [0.5, 0.6) is 0 Å². The van der Waals surface area contributed by atoms with Crippen LogP contribution >= 0.6 is 0 Å². The van der Waals surface area contributed by atoms with Crippen LogP contribution in [0.4, 0.5) is 11.6 Å². The van der Waals surface area contributed by atoms with Crippen molar-refractivity contribution >= 4 is 17.5 Å². The van der Waals surface area contributed by atoms with Crippen molar-refractivity contribution in [1.82, 2.24) is 14.9 Å². The highest BCUT2D eigenvalue weighted by Gasteiger charge is 2.15. The SMILES string of the molecule is Cc1cccc(Nc2nc(C)cc(C(=O)N(C)Cc3ccccc3)n2)c1. The molecule has 0 radical (unpaired) electrons. The van der Waals surface area contributed by atoms with E-state index in [1.807, 2.05) is 68.4 Å². The van der Waals surface area contributed by atoms with E-state index in [4.69, 9.17) is 0 Å². The van der Waals surface area contributed by atoms with Gasteiger partial charge in [-0.25, -0.2) is 9.97 Å². The van der Waals surface area contributed by atoms with Gasteiger partial charge >= 0.3 is 0 Å². The number of hydrogen-bond acceptors (Lipinski definition) is 4. The zero-order chi connectivity index (χ0) is 18.5. The summed E-state index contributed by atoms with van der Waals surface area (Å²) in [6.07, 6.45) is 0. The number of benzene rings is 2. The van der Waals surface area contributed by atoms with Crippen LogP contribution in [0.15, 0.2) is 60.7 Å². The Hall–Kier alpha value is -3.21. The second-order valence-electron chi connectivity index (χ2n) is 6.36. The topological polar surface area (TPSA) is 58.1 Å². The molecule has 0 fully saturated rings. The molecule has 1 heterocycles. The van der Waals surface area contributed by atoms with Crippen LogP contribution in [-0.4, -0.2) is 27.8 Å². The van der Waals surface area contributed by atoms with E-state index in [9.17, 15) is 4.79 Å². The van der Waals surface area contributed by atoms with Crippen molar-refractivity contribution < 1.29 is 4.79 Å². The summed E-state index contributed by atoms with van der Waals surface area (Å²) in [5, 5.41) is 3.18. The van der Waals surface area contributed by atoms with Gasteiger partial charge in [0.05, 0.1) is 0 Å². The highest BCUT2D eigenvalue weighted by atomic mass is 16.2. The Morgan fingerprint density at radius 3 is 2.50 bits per heavy atom. The third-order valence-electron chi connectivity index (χ3n) is 3.96. The molecule has 5 heteroatoms. The Kier molecular flexibility index (Phi) is 5.27. The summed E-state index contributed by atoms with van der Waals surface area (Å²) >= 11 is 0. The number of hydrogen-bond donors (Lipinski definition) is 1. The molecule has 1 aromatic heterocycles. The van der Waals surface area contributed by atoms with Gasteiger partial charge in [-0.3, -0.25) is 4.79 Å². The highest BCUT2D eigenvalue weighted by Crippen LogP contribution is 2.16. The predicted molar refractivity (Wildman–Crippen MR) is 103 cm³/mol. The quantitative estimate of drug-likeness (QED) is 0.755. The molecule has 26 heavy (non-hydrogen) atoms. The zero-order valence-electron chi connectivity index (χ0n) is 15.2. The van der Waals surface area contributed by atoms with Crippen LogP contribution in [0.3, 0.4) is 0 Å². The molecule has 3 rings (SSSR count). The number of aromatic nitrogens is 2. The maximum Gasteiger partial charge on any atom is 0.272 e. The lowest BCUT2D eigenvalue weighted by Crippen LogP contribution is -2.27. The number of carbonyl (C=O) groups is 1. The van der Waals surface area contributed by atoms with E-state index < -0.39 is 0 Å². The van der Waals surface area contributed by atoms with Gasteiger partial charge in [0, 0.05) is 25.0 Å². The lowest BCUT2D eigenvalue weighted by atomic mass is 10.2. The number of anilines is 2. The van der Waals surface area contributed by atoms with Gasteiger partial charge < -0.3 is 10.2 Å². The summed E-state index contributed by atoms with van der Waals surface area (Å²) in [4.78, 5) is 23.2. The lowest BCUT2D eigenvalue weighted by Gasteiger charge is -2.17. The van der Waals surface area contributed by atoms with Gasteiger partial charge in [-0.15, -0.1) is 0 Å². The number of carbonyl (C=O) groups excluding carboxylic acids is 1. The molecule has 0 spiro atoms. The van der Waals surface area contributed by atoms with Gasteiger partial charge in [-0.1, -0.05) is 42.5 Å². The van der Waals surface area contributed by atoms with Crippen molar-refractivity contribution in [3.8, 4) is 0 Å². The average molecular weight is 346 g/mol. The van der Waals surface area contributed by atoms with Gasteiger partial charge in [0.25, 0.3) is 5.91 Å². The first-order valence-electron chi connectivity index (χ1n) is 8.50. The van der Waals surface area contributed by atoms with Crippen LogP contribution < -0.4 is 5.32 Å². The van der Waals surface area contributed by atoms with Crippen molar-refractivity contribution in [3.63, 3.8) is 0 Å². The highest BCUT2D eigenvalue weighted by molar-refractivity contribution is 5.92. The van der Waals surface area contributed by atoms with E-state index in [0.29, 0.717) is 18.2 Å². The molecule has 0 aliphatic heterocycles. The van der Waals surface area contributed by atoms with Crippen molar-refractivity contribution in [2.75, 3.05) is 12.4 Å². The van der Waals surface area contributed by atoms with Crippen LogP contribution in [0.1, 0.15) is 27.3 Å². The van der Waals surface area contributed by atoms with E-state index in [1.54, 1.807) is 18.0 Å². The van der Waals surface area contributed by atoms with E-state index >= 15 is 0 Å². The van der Waals surface area contributed by atoms with E-state index in [1.165, 1.54) is 0 Å². The fraction of sp³-hybridized carbons (Fsp3) is 0.190. The smallest absolute Gasteiger partial charge is 0.272 e. The lowest BCUT2D eigenvalue weighted by molar-refractivity contribution is 0.0779. The fourth-order valence-corrected chi connectivity index (χ4v) is 2.71. The minimum absolute atomic E-state index is 0.133. The minimum atomic E-state index is -0.133. The maximum absolute atomic E-state index is 12.8. The molecule has 2 aromatic carbocycles. The number of nitrogens with zero attached hydrogens (tertiary/aromatic N) is 3. The van der Waals surface area contributed by atoms with E-state index in [0.717, 1.165) is 22.5 Å². The largest absolute Gasteiger partial charge is 0.336 e. The molecule has 0 unspecified atom stereocenters. The second kappa shape index (κ2) is 7.78. The molecule has 0 aliphatic carbocycles. The van der Waals surface area contributed by atoms with Gasteiger partial charge in [0.15, 0.2) is 0 Å². The van der Waals surface area contributed by atoms with Crippen LogP contribution in [0, 0.1) is 13.8 Å². The first kappa shape index (κ1) is 17.6. The summed E-state index contributed by atoms with van der Waals surface area (Å²) in [5.41, 5.74) is 4.23. The predicted octanol–water partition coefficient (Wildman–Crippen LogP) is 4.11. The average Bonchev–Trinajstić information content (AvgIpc) is 2.61. The fourth-order valence-electron chi connectivity index (χ4n) is 2.71. The standard InChI is InChI=1S/C21H22N4O/c1-15-8-7-11-18(12-15)23-21-22-16(2)13-19(24-21)20(26)25(3)14-17-9-5-4-6-10-17/h4-13H,14H2,1-3H3,(H,22,23,24). The summed E-state index contributed by atoms with van der Waals surface area (Å²) in [6, 6.07) is 19.5. The molecule has 5 nitrogen and oxygen atoms in total. The summed E-state index contributed by atoms with van der Waals surface area (Å²) in [7, 11) is 1.78. The monoisotopic (exact) mass is 346 g/mol. The van der Waals surface area contributed by atoms with E-state index in [2.05, 4.69) is 15.3 Å².